The smallest absolute Gasteiger partial charge is 0.119 e. The van der Waals surface area contributed by atoms with E-state index in [1.807, 2.05) is 36.4 Å². The molecule has 8 aliphatic carbocycles. The van der Waals surface area contributed by atoms with Gasteiger partial charge >= 0.3 is 0 Å². The Labute approximate surface area is 679 Å². The number of hydrogen-bond acceptors (Lipinski definition) is 6. The molecule has 6 nitrogen and oxygen atoms in total. The van der Waals surface area contributed by atoms with Crippen LogP contribution in [0.4, 0.5) is 68.2 Å². The van der Waals surface area contributed by atoms with Crippen molar-refractivity contribution in [1.82, 2.24) is 0 Å². The fourth-order valence-corrected chi connectivity index (χ4v) is 22.3. The maximum absolute atomic E-state index is 9.75. The van der Waals surface area contributed by atoms with E-state index in [0.717, 1.165) is 99.0 Å². The van der Waals surface area contributed by atoms with Gasteiger partial charge in [0.2, 0.25) is 0 Å². The minimum Gasteiger partial charge on any atom is -0.497 e. The number of aliphatic hydroxyl groups is 1. The third-order valence-corrected chi connectivity index (χ3v) is 27.2. The van der Waals surface area contributed by atoms with Gasteiger partial charge in [-0.15, -0.1) is 0 Å². The molecule has 8 fully saturated rings. The lowest BCUT2D eigenvalue weighted by molar-refractivity contribution is -0.0282. The molecule has 4 atom stereocenters. The van der Waals surface area contributed by atoms with Gasteiger partial charge in [-0.05, 0) is 370 Å². The maximum atomic E-state index is 9.75. The van der Waals surface area contributed by atoms with Crippen LogP contribution in [0.3, 0.4) is 0 Å². The van der Waals surface area contributed by atoms with E-state index < -0.39 is 0 Å². The molecule has 1 N–H and O–H groups in total. The molecule has 8 aliphatic rings. The number of methoxy groups -OCH3 is 1. The Morgan fingerprint density at radius 3 is 0.772 bits per heavy atom. The molecule has 0 aliphatic heterocycles. The summed E-state index contributed by atoms with van der Waals surface area (Å²) in [4.78, 5) is 9.46. The Hall–Kier alpha value is -10.9. The first-order valence-corrected chi connectivity index (χ1v) is 42.5. The van der Waals surface area contributed by atoms with Crippen molar-refractivity contribution in [2.24, 2.45) is 23.7 Å². The van der Waals surface area contributed by atoms with Crippen LogP contribution >= 0.6 is 0 Å². The highest BCUT2D eigenvalue weighted by atomic mass is 16.5. The van der Waals surface area contributed by atoms with E-state index in [1.165, 1.54) is 164 Å². The molecule has 12 aromatic rings. The number of ether oxygens (including phenoxy) is 1. The predicted octanol–water partition coefficient (Wildman–Crippen LogP) is 28.9. The molecular formula is C108H112N4O2. The van der Waals surface area contributed by atoms with E-state index in [4.69, 9.17) is 4.74 Å². The average Bonchev–Trinajstić information content (AvgIpc) is 0.709. The zero-order valence-corrected chi connectivity index (χ0v) is 67.7. The number of aliphatic hydroxyl groups excluding tert-OH is 1. The van der Waals surface area contributed by atoms with Crippen molar-refractivity contribution in [2.75, 3.05) is 26.7 Å². The number of nitrogens with zero attached hydrogens (tertiary/aromatic N) is 4. The fourth-order valence-electron chi connectivity index (χ4n) is 22.3. The number of aryl methyl sites for hydroxylation is 4. The summed E-state index contributed by atoms with van der Waals surface area (Å²) in [6.07, 6.45) is 26.9. The topological polar surface area (TPSA) is 42.4 Å². The van der Waals surface area contributed by atoms with E-state index in [1.54, 1.807) is 18.2 Å². The summed E-state index contributed by atoms with van der Waals surface area (Å²) in [5, 5.41) is 9.75. The van der Waals surface area contributed by atoms with Gasteiger partial charge in [0.1, 0.15) is 5.75 Å². The summed E-state index contributed by atoms with van der Waals surface area (Å²) in [6.45, 7) is 16.9. The van der Waals surface area contributed by atoms with Crippen LogP contribution in [0, 0.1) is 37.5 Å². The zero-order chi connectivity index (χ0) is 78.0. The summed E-state index contributed by atoms with van der Waals surface area (Å²) in [5.74, 6) is 4.04. The molecule has 0 saturated heterocycles. The molecule has 12 aromatic carbocycles. The number of anilines is 12. The quantitative estimate of drug-likeness (QED) is 0.0583. The van der Waals surface area contributed by atoms with Crippen LogP contribution in [0.5, 0.6) is 5.75 Å². The summed E-state index contributed by atoms with van der Waals surface area (Å²) in [6, 6.07) is 109. The minimum absolute atomic E-state index is 0.0154. The zero-order valence-electron chi connectivity index (χ0n) is 67.7. The van der Waals surface area contributed by atoms with Gasteiger partial charge in [0.15, 0.2) is 0 Å². The molecule has 6 heteroatoms. The molecule has 0 aromatic heterocycles. The van der Waals surface area contributed by atoms with Gasteiger partial charge in [-0.25, -0.2) is 0 Å². The molecular weight excluding hydrogens is 1390 g/mol. The number of benzene rings is 12. The van der Waals surface area contributed by atoms with Gasteiger partial charge in [0.25, 0.3) is 0 Å². The SMILES string of the molecule is C=Cc1ccc(C23CC4CC(C2)CC(c2ccc(N(c5ccc(CCCC)cc5)c5ccc(N(c6ccc(C)cc6)c6ccc(C)cc6)cc5)cc2)(C4)C3)cc1.C=Cc1ccc(C23CC4CC(C2)CC(c2ccc(N(c5ccc(CCCC)cc5)c5ccc(N(c6ccc(CO)cc6)c6ccc(OC)cc6)cc5)cc2)(C4)C3)cc1. The highest BCUT2D eigenvalue weighted by molar-refractivity contribution is 5.84. The van der Waals surface area contributed by atoms with Gasteiger partial charge in [-0.3, -0.25) is 0 Å². The molecule has 0 amide bonds. The summed E-state index contributed by atoms with van der Waals surface area (Å²) in [7, 11) is 1.69. The highest BCUT2D eigenvalue weighted by Crippen LogP contribution is 2.68. The van der Waals surface area contributed by atoms with Crippen LogP contribution in [-0.2, 0) is 41.1 Å². The predicted molar refractivity (Wildman–Crippen MR) is 480 cm³/mol. The second-order valence-corrected chi connectivity index (χ2v) is 34.9. The summed E-state index contributed by atoms with van der Waals surface area (Å²) >= 11 is 0. The number of unbranched alkanes of at least 4 members (excludes halogenated alkanes) is 2. The Morgan fingerprint density at radius 2 is 0.535 bits per heavy atom. The average molecular weight is 1500 g/mol. The third-order valence-electron chi connectivity index (χ3n) is 27.2. The van der Waals surface area contributed by atoms with Crippen molar-refractivity contribution in [1.29, 1.82) is 0 Å². The van der Waals surface area contributed by atoms with Crippen molar-refractivity contribution in [3.8, 4) is 5.75 Å². The Balaban J connectivity index is 0.000000165. The van der Waals surface area contributed by atoms with Crippen LogP contribution in [0.25, 0.3) is 12.2 Å². The van der Waals surface area contributed by atoms with Crippen LogP contribution in [0.15, 0.2) is 304 Å². The maximum Gasteiger partial charge on any atom is 0.119 e. The molecule has 114 heavy (non-hydrogen) atoms. The fraction of sp³-hybridized carbons (Fsp3) is 0.296. The molecule has 8 saturated carbocycles. The minimum atomic E-state index is 0.0154. The van der Waals surface area contributed by atoms with E-state index in [9.17, 15) is 5.11 Å². The molecule has 0 heterocycles. The lowest BCUT2D eigenvalue weighted by Crippen LogP contribution is -2.55. The second-order valence-electron chi connectivity index (χ2n) is 34.9. The molecule has 0 spiro atoms. The van der Waals surface area contributed by atoms with Crippen LogP contribution in [0.1, 0.15) is 178 Å². The van der Waals surface area contributed by atoms with E-state index >= 15 is 0 Å². The standard InChI is InChI=1S/C54H56N2O2.C54H56N2/c1-4-6-7-40-10-18-46(19-11-40)55(49-24-26-50(27-25-49)56(47-20-12-41(37-57)13-21-47)51-28-30-52(58-3)31-29-51)48-22-16-45(17-23-48)54-35-42-32-43(36-54)34-53(33-42,38-54)44-14-8-39(5-2)9-15-44;1-5-7-8-42-15-25-49(26-16-42)56(52-31-29-51(30-32-52)55(47-21-9-39(3)10-22-47)48-23-11-40(4)12-24-48)50-27-19-46(20-28-50)54-36-43-33-44(37-54)35-53(34-43,38-54)45-17-13-41(6-2)14-18-45/h5,8-31,42-43,57H,2,4,6-7,32-38H2,1,3H3;6,9-32,43-44H,2,5,7-8,33-38H2,1,3-4H3. The summed E-state index contributed by atoms with van der Waals surface area (Å²) < 4.78 is 5.49. The number of rotatable bonds is 26. The van der Waals surface area contributed by atoms with Crippen LogP contribution in [-0.4, -0.2) is 12.2 Å². The van der Waals surface area contributed by atoms with Crippen molar-refractivity contribution in [3.63, 3.8) is 0 Å². The van der Waals surface area contributed by atoms with Crippen molar-refractivity contribution >= 4 is 80.4 Å². The van der Waals surface area contributed by atoms with Crippen molar-refractivity contribution in [3.05, 3.63) is 366 Å². The Kier molecular flexibility index (Phi) is 21.6. The first-order valence-electron chi connectivity index (χ1n) is 42.5. The molecule has 4 unspecified atom stereocenters. The van der Waals surface area contributed by atoms with E-state index in [0.29, 0.717) is 5.41 Å². The molecule has 20 rings (SSSR count). The highest BCUT2D eigenvalue weighted by Gasteiger charge is 2.60. The van der Waals surface area contributed by atoms with Crippen LogP contribution < -0.4 is 24.3 Å². The Morgan fingerprint density at radius 1 is 0.316 bits per heavy atom. The van der Waals surface area contributed by atoms with Crippen LogP contribution in [0.2, 0.25) is 0 Å². The normalized spacial score (nSPS) is 22.0. The molecule has 8 bridgehead atoms. The summed E-state index contributed by atoms with van der Waals surface area (Å²) in [5.41, 5.74) is 29.4. The van der Waals surface area contributed by atoms with Gasteiger partial charge in [-0.1, -0.05) is 197 Å². The third kappa shape index (κ3) is 15.3. The van der Waals surface area contributed by atoms with Gasteiger partial charge in [-0.2, -0.15) is 0 Å². The Bertz CT molecular complexity index is 5130. The molecule has 0 radical (unpaired) electrons. The van der Waals surface area contributed by atoms with E-state index in [2.05, 4.69) is 327 Å². The largest absolute Gasteiger partial charge is 0.497 e. The van der Waals surface area contributed by atoms with Crippen molar-refractivity contribution < 1.29 is 9.84 Å². The first kappa shape index (κ1) is 75.7. The molecule has 576 valence electrons. The monoisotopic (exact) mass is 1500 g/mol. The van der Waals surface area contributed by atoms with Gasteiger partial charge in [0, 0.05) is 68.2 Å². The first-order chi connectivity index (χ1) is 55.7. The lowest BCUT2D eigenvalue weighted by Gasteiger charge is -2.63. The van der Waals surface area contributed by atoms with Gasteiger partial charge in [0.05, 0.1) is 13.7 Å². The number of hydrogen-bond donors (Lipinski definition) is 1. The van der Waals surface area contributed by atoms with Gasteiger partial charge < -0.3 is 29.4 Å². The second kappa shape index (κ2) is 32.5. The van der Waals surface area contributed by atoms with Crippen molar-refractivity contribution in [2.45, 2.75) is 172 Å². The lowest BCUT2D eigenvalue weighted by atomic mass is 9.41. The van der Waals surface area contributed by atoms with E-state index in [-0.39, 0.29) is 22.9 Å².